The summed E-state index contributed by atoms with van der Waals surface area (Å²) >= 11 is 5.75. The van der Waals surface area contributed by atoms with Crippen molar-refractivity contribution < 1.29 is 9.90 Å². The zero-order chi connectivity index (χ0) is 13.7. The number of rotatable bonds is 3. The fraction of sp³-hybridized carbons (Fsp3) is 0.538. The minimum atomic E-state index is -0.271. The van der Waals surface area contributed by atoms with Crippen molar-refractivity contribution in [3.05, 3.63) is 23.5 Å². The third-order valence-corrected chi connectivity index (χ3v) is 3.65. The number of aromatic nitrogens is 1. The Morgan fingerprint density at radius 2 is 2.26 bits per heavy atom. The van der Waals surface area contributed by atoms with Crippen molar-refractivity contribution in [3.63, 3.8) is 0 Å². The smallest absolute Gasteiger partial charge is 0.319 e. The zero-order valence-electron chi connectivity index (χ0n) is 10.6. The molecule has 0 radical (unpaired) electrons. The van der Waals surface area contributed by atoms with Gasteiger partial charge in [0.05, 0.1) is 0 Å². The lowest BCUT2D eigenvalue weighted by Gasteiger charge is -2.30. The van der Waals surface area contributed by atoms with E-state index in [0.29, 0.717) is 10.8 Å². The van der Waals surface area contributed by atoms with Crippen molar-refractivity contribution in [1.82, 2.24) is 10.3 Å². The fourth-order valence-electron chi connectivity index (χ4n) is 2.43. The summed E-state index contributed by atoms with van der Waals surface area (Å²) < 4.78 is 0. The number of hydrogen-bond acceptors (Lipinski definition) is 3. The molecule has 2 unspecified atom stereocenters. The van der Waals surface area contributed by atoms with E-state index in [1.54, 1.807) is 12.1 Å². The number of carbonyl (C=O) groups is 1. The first-order valence-corrected chi connectivity index (χ1v) is 6.87. The monoisotopic (exact) mass is 283 g/mol. The van der Waals surface area contributed by atoms with E-state index in [2.05, 4.69) is 15.6 Å². The van der Waals surface area contributed by atoms with Crippen molar-refractivity contribution >= 4 is 23.3 Å². The predicted octanol–water partition coefficient (Wildman–Crippen LogP) is 2.41. The summed E-state index contributed by atoms with van der Waals surface area (Å²) in [4.78, 5) is 15.7. The van der Waals surface area contributed by atoms with Crippen molar-refractivity contribution in [1.29, 1.82) is 0 Å². The minimum absolute atomic E-state index is 0.0380. The lowest BCUT2D eigenvalue weighted by Crippen LogP contribution is -2.45. The highest BCUT2D eigenvalue weighted by Crippen LogP contribution is 2.24. The van der Waals surface area contributed by atoms with E-state index in [4.69, 9.17) is 11.6 Å². The van der Waals surface area contributed by atoms with Crippen LogP contribution in [0.3, 0.4) is 0 Å². The average molecular weight is 284 g/mol. The second-order valence-electron chi connectivity index (χ2n) is 4.80. The van der Waals surface area contributed by atoms with Gasteiger partial charge in [0.2, 0.25) is 0 Å². The normalized spacial score (nSPS) is 22.8. The summed E-state index contributed by atoms with van der Waals surface area (Å²) in [5.41, 5.74) is 0.605. The summed E-state index contributed by atoms with van der Waals surface area (Å²) in [5, 5.41) is 15.3. The van der Waals surface area contributed by atoms with Gasteiger partial charge in [-0.3, -0.25) is 0 Å². The number of anilines is 1. The number of carbonyl (C=O) groups excluding carboxylic acids is 1. The molecular weight excluding hydrogens is 266 g/mol. The molecule has 0 aliphatic heterocycles. The van der Waals surface area contributed by atoms with Crippen LogP contribution in [-0.4, -0.2) is 28.8 Å². The number of pyridine rings is 1. The van der Waals surface area contributed by atoms with Gasteiger partial charge in [0.15, 0.2) is 0 Å². The molecule has 5 nitrogen and oxygen atoms in total. The van der Waals surface area contributed by atoms with Crippen molar-refractivity contribution in [2.45, 2.75) is 31.7 Å². The Morgan fingerprint density at radius 3 is 3.00 bits per heavy atom. The van der Waals surface area contributed by atoms with Gasteiger partial charge in [0.25, 0.3) is 0 Å². The van der Waals surface area contributed by atoms with Crippen molar-refractivity contribution in [3.8, 4) is 0 Å². The molecule has 1 saturated carbocycles. The molecule has 1 aliphatic rings. The Hall–Kier alpha value is -1.33. The Morgan fingerprint density at radius 1 is 1.47 bits per heavy atom. The van der Waals surface area contributed by atoms with Crippen LogP contribution in [0.2, 0.25) is 5.15 Å². The van der Waals surface area contributed by atoms with Gasteiger partial charge in [0.1, 0.15) is 5.15 Å². The Labute approximate surface area is 117 Å². The Bertz CT molecular complexity index is 442. The quantitative estimate of drug-likeness (QED) is 0.746. The van der Waals surface area contributed by atoms with E-state index >= 15 is 0 Å². The maximum absolute atomic E-state index is 11.9. The maximum Gasteiger partial charge on any atom is 0.319 e. The molecule has 1 aromatic heterocycles. The highest BCUT2D eigenvalue weighted by molar-refractivity contribution is 6.29. The van der Waals surface area contributed by atoms with Gasteiger partial charge in [-0.25, -0.2) is 9.78 Å². The molecule has 2 amide bonds. The molecule has 0 spiro atoms. The maximum atomic E-state index is 11.9. The number of nitrogens with one attached hydrogen (secondary N) is 2. The van der Waals surface area contributed by atoms with Crippen LogP contribution in [0.4, 0.5) is 10.5 Å². The molecule has 0 aromatic carbocycles. The molecule has 6 heteroatoms. The standard InChI is InChI=1S/C13H18ClN3O2/c14-12-7-10(5-6-15-12)16-13(19)17-11-4-2-1-3-9(11)8-18/h5-7,9,11,18H,1-4,8H2,(H2,15,16,17,19). The first-order chi connectivity index (χ1) is 9.19. The topological polar surface area (TPSA) is 74.2 Å². The van der Waals surface area contributed by atoms with Crippen LogP contribution < -0.4 is 10.6 Å². The molecule has 104 valence electrons. The van der Waals surface area contributed by atoms with Gasteiger partial charge < -0.3 is 15.7 Å². The van der Waals surface area contributed by atoms with Gasteiger partial charge >= 0.3 is 6.03 Å². The summed E-state index contributed by atoms with van der Waals surface area (Å²) in [6.45, 7) is 0.117. The summed E-state index contributed by atoms with van der Waals surface area (Å²) in [5.74, 6) is 0.153. The SMILES string of the molecule is O=C(Nc1ccnc(Cl)c1)NC1CCCCC1CO. The lowest BCUT2D eigenvalue weighted by atomic mass is 9.85. The molecule has 1 aliphatic carbocycles. The summed E-state index contributed by atoms with van der Waals surface area (Å²) in [7, 11) is 0. The van der Waals surface area contributed by atoms with Crippen LogP contribution in [0.15, 0.2) is 18.3 Å². The van der Waals surface area contributed by atoms with Gasteiger partial charge in [-0.15, -0.1) is 0 Å². The fourth-order valence-corrected chi connectivity index (χ4v) is 2.61. The second-order valence-corrected chi connectivity index (χ2v) is 5.19. The number of nitrogens with zero attached hydrogens (tertiary/aromatic N) is 1. The van der Waals surface area contributed by atoms with E-state index in [-0.39, 0.29) is 24.6 Å². The number of aliphatic hydroxyl groups is 1. The molecular formula is C13H18ClN3O2. The molecule has 3 N–H and O–H groups in total. The summed E-state index contributed by atoms with van der Waals surface area (Å²) in [6, 6.07) is 3.03. The molecule has 0 bridgehead atoms. The third kappa shape index (κ3) is 4.08. The van der Waals surface area contributed by atoms with Crippen LogP contribution in [0.5, 0.6) is 0 Å². The third-order valence-electron chi connectivity index (χ3n) is 3.44. The highest BCUT2D eigenvalue weighted by Gasteiger charge is 2.25. The number of halogens is 1. The first-order valence-electron chi connectivity index (χ1n) is 6.49. The van der Waals surface area contributed by atoms with Crippen LogP contribution in [-0.2, 0) is 0 Å². The van der Waals surface area contributed by atoms with E-state index in [1.165, 1.54) is 6.20 Å². The van der Waals surface area contributed by atoms with Gasteiger partial charge in [-0.05, 0) is 25.0 Å². The van der Waals surface area contributed by atoms with Gasteiger partial charge in [-0.1, -0.05) is 24.4 Å². The number of amides is 2. The number of hydrogen-bond donors (Lipinski definition) is 3. The van der Waals surface area contributed by atoms with E-state index in [0.717, 1.165) is 25.7 Å². The summed E-state index contributed by atoms with van der Waals surface area (Å²) in [6.07, 6.45) is 5.61. The van der Waals surface area contributed by atoms with Crippen LogP contribution >= 0.6 is 11.6 Å². The zero-order valence-corrected chi connectivity index (χ0v) is 11.4. The highest BCUT2D eigenvalue weighted by atomic mass is 35.5. The van der Waals surface area contributed by atoms with Gasteiger partial charge in [-0.2, -0.15) is 0 Å². The van der Waals surface area contributed by atoms with Crippen LogP contribution in [0.25, 0.3) is 0 Å². The Balaban J connectivity index is 1.90. The predicted molar refractivity (Wildman–Crippen MR) is 74.2 cm³/mol. The van der Waals surface area contributed by atoms with E-state index < -0.39 is 0 Å². The van der Waals surface area contributed by atoms with Crippen LogP contribution in [0, 0.1) is 5.92 Å². The first kappa shape index (κ1) is 14.1. The molecule has 1 heterocycles. The molecule has 2 atom stereocenters. The second kappa shape index (κ2) is 6.73. The molecule has 19 heavy (non-hydrogen) atoms. The average Bonchev–Trinajstić information content (AvgIpc) is 2.39. The largest absolute Gasteiger partial charge is 0.396 e. The van der Waals surface area contributed by atoms with Gasteiger partial charge in [0, 0.05) is 30.5 Å². The molecule has 2 rings (SSSR count). The van der Waals surface area contributed by atoms with E-state index in [1.807, 2.05) is 0 Å². The lowest BCUT2D eigenvalue weighted by molar-refractivity contribution is 0.156. The molecule has 0 saturated heterocycles. The Kier molecular flexibility index (Phi) is 4.99. The van der Waals surface area contributed by atoms with Crippen molar-refractivity contribution in [2.24, 2.45) is 5.92 Å². The van der Waals surface area contributed by atoms with Crippen molar-refractivity contribution in [2.75, 3.05) is 11.9 Å². The number of urea groups is 1. The minimum Gasteiger partial charge on any atom is -0.396 e. The molecule has 1 aromatic rings. The van der Waals surface area contributed by atoms with Crippen LogP contribution in [0.1, 0.15) is 25.7 Å². The number of aliphatic hydroxyl groups excluding tert-OH is 1. The molecule has 1 fully saturated rings. The van der Waals surface area contributed by atoms with E-state index in [9.17, 15) is 9.90 Å².